The van der Waals surface area contributed by atoms with E-state index in [9.17, 15) is 14.4 Å². The predicted molar refractivity (Wildman–Crippen MR) is 154 cm³/mol. The van der Waals surface area contributed by atoms with Crippen molar-refractivity contribution in [3.05, 3.63) is 125 Å². The van der Waals surface area contributed by atoms with Crippen LogP contribution in [0.5, 0.6) is 5.75 Å². The lowest BCUT2D eigenvalue weighted by molar-refractivity contribution is -0.138. The summed E-state index contributed by atoms with van der Waals surface area (Å²) in [5.41, 5.74) is 6.17. The van der Waals surface area contributed by atoms with Crippen molar-refractivity contribution in [1.82, 2.24) is 10.6 Å². The average Bonchev–Trinajstić information content (AvgIpc) is 3.32. The Morgan fingerprint density at radius 1 is 0.756 bits per heavy atom. The molecule has 0 spiro atoms. The van der Waals surface area contributed by atoms with Crippen molar-refractivity contribution in [2.45, 2.75) is 25.0 Å². The summed E-state index contributed by atoms with van der Waals surface area (Å²) in [6.45, 7) is -0.0471. The Balaban J connectivity index is 1.22. The maximum atomic E-state index is 12.9. The Bertz CT molecular complexity index is 1480. The van der Waals surface area contributed by atoms with E-state index >= 15 is 0 Å². The standard InChI is InChI=1S/C33H30N2O6/c36-31(37)19-34-32(38)30(18-22-14-16-24(17-15-22)40-20-23-8-2-1-3-9-23)35-33(39)41-21-29-27-12-6-4-10-25(27)26-11-5-7-13-28(26)29/h1-17,29-30H,18-21H2,(H,34,38)(H,35,39)(H,36,37)/t30-/m0/s1. The first kappa shape index (κ1) is 27.5. The Labute approximate surface area is 237 Å². The molecule has 4 aromatic rings. The second-order valence-corrected chi connectivity index (χ2v) is 9.76. The molecule has 0 aromatic heterocycles. The number of carboxylic acids is 1. The highest BCUT2D eigenvalue weighted by molar-refractivity contribution is 5.88. The molecule has 8 nitrogen and oxygen atoms in total. The molecular weight excluding hydrogens is 520 g/mol. The van der Waals surface area contributed by atoms with Gasteiger partial charge in [-0.1, -0.05) is 91.0 Å². The summed E-state index contributed by atoms with van der Waals surface area (Å²) in [5.74, 6) is -1.27. The van der Waals surface area contributed by atoms with E-state index in [0.29, 0.717) is 12.4 Å². The minimum Gasteiger partial charge on any atom is -0.489 e. The zero-order valence-corrected chi connectivity index (χ0v) is 22.3. The normalized spacial score (nSPS) is 12.5. The molecule has 0 aliphatic heterocycles. The topological polar surface area (TPSA) is 114 Å². The largest absolute Gasteiger partial charge is 0.489 e. The van der Waals surface area contributed by atoms with Gasteiger partial charge in [-0.15, -0.1) is 0 Å². The number of carboxylic acid groups (broad SMARTS) is 1. The number of hydrogen-bond donors (Lipinski definition) is 3. The van der Waals surface area contributed by atoms with Crippen LogP contribution >= 0.6 is 0 Å². The Hall–Kier alpha value is -5.11. The summed E-state index contributed by atoms with van der Waals surface area (Å²) in [4.78, 5) is 36.7. The number of benzene rings is 4. The molecule has 0 bridgehead atoms. The predicted octanol–water partition coefficient (Wildman–Crippen LogP) is 4.92. The van der Waals surface area contributed by atoms with E-state index in [0.717, 1.165) is 33.4 Å². The van der Waals surface area contributed by atoms with Gasteiger partial charge in [-0.3, -0.25) is 9.59 Å². The molecule has 0 fully saturated rings. The average molecular weight is 551 g/mol. The van der Waals surface area contributed by atoms with Gasteiger partial charge in [-0.05, 0) is 45.5 Å². The van der Waals surface area contributed by atoms with E-state index in [1.54, 1.807) is 24.3 Å². The minimum atomic E-state index is -1.18. The highest BCUT2D eigenvalue weighted by Gasteiger charge is 2.30. The lowest BCUT2D eigenvalue weighted by atomic mass is 9.98. The van der Waals surface area contributed by atoms with Crippen LogP contribution in [0.4, 0.5) is 4.79 Å². The minimum absolute atomic E-state index is 0.0940. The molecule has 8 heteroatoms. The monoisotopic (exact) mass is 550 g/mol. The van der Waals surface area contributed by atoms with Gasteiger partial charge in [0.2, 0.25) is 5.91 Å². The molecule has 1 aliphatic rings. The van der Waals surface area contributed by atoms with E-state index in [2.05, 4.69) is 22.8 Å². The first-order chi connectivity index (χ1) is 20.0. The van der Waals surface area contributed by atoms with Gasteiger partial charge in [0, 0.05) is 12.3 Å². The molecule has 5 rings (SSSR count). The third-order valence-electron chi connectivity index (χ3n) is 6.98. The lowest BCUT2D eigenvalue weighted by Crippen LogP contribution is -2.49. The van der Waals surface area contributed by atoms with Gasteiger partial charge >= 0.3 is 12.1 Å². The number of amides is 2. The van der Waals surface area contributed by atoms with Crippen molar-refractivity contribution < 1.29 is 29.0 Å². The number of ether oxygens (including phenoxy) is 2. The van der Waals surface area contributed by atoms with Crippen molar-refractivity contribution in [2.24, 2.45) is 0 Å². The zero-order valence-electron chi connectivity index (χ0n) is 22.3. The summed E-state index contributed by atoms with van der Waals surface area (Å²) < 4.78 is 11.4. The number of carbonyl (C=O) groups excluding carboxylic acids is 2. The van der Waals surface area contributed by atoms with Crippen molar-refractivity contribution in [3.63, 3.8) is 0 Å². The van der Waals surface area contributed by atoms with Gasteiger partial charge in [-0.2, -0.15) is 0 Å². The fourth-order valence-electron chi connectivity index (χ4n) is 4.98. The summed E-state index contributed by atoms with van der Waals surface area (Å²) in [6, 6.07) is 32.0. The molecule has 0 unspecified atom stereocenters. The molecule has 2 amide bonds. The SMILES string of the molecule is O=C(O)CNC(=O)[C@H](Cc1ccc(OCc2ccccc2)cc1)NC(=O)OCC1c2ccccc2-c2ccccc21. The van der Waals surface area contributed by atoms with Gasteiger partial charge < -0.3 is 25.2 Å². The van der Waals surface area contributed by atoms with Crippen LogP contribution in [-0.4, -0.2) is 42.3 Å². The Morgan fingerprint density at radius 3 is 2.00 bits per heavy atom. The van der Waals surface area contributed by atoms with Crippen molar-refractivity contribution in [1.29, 1.82) is 0 Å². The molecule has 3 N–H and O–H groups in total. The maximum Gasteiger partial charge on any atom is 0.407 e. The fraction of sp³-hybridized carbons (Fsp3) is 0.182. The van der Waals surface area contributed by atoms with Gasteiger partial charge in [-0.25, -0.2) is 4.79 Å². The van der Waals surface area contributed by atoms with Gasteiger partial charge in [0.25, 0.3) is 0 Å². The zero-order chi connectivity index (χ0) is 28.6. The number of alkyl carbamates (subject to hydrolysis) is 1. The highest BCUT2D eigenvalue weighted by Crippen LogP contribution is 2.44. The van der Waals surface area contributed by atoms with Crippen molar-refractivity contribution >= 4 is 18.0 Å². The van der Waals surface area contributed by atoms with E-state index in [-0.39, 0.29) is 18.9 Å². The van der Waals surface area contributed by atoms with Crippen LogP contribution in [0.25, 0.3) is 11.1 Å². The second kappa shape index (κ2) is 12.8. The van der Waals surface area contributed by atoms with Crippen LogP contribution in [0.15, 0.2) is 103 Å². The summed E-state index contributed by atoms with van der Waals surface area (Å²) in [7, 11) is 0. The number of carbonyl (C=O) groups is 3. The summed E-state index contributed by atoms with van der Waals surface area (Å²) >= 11 is 0. The van der Waals surface area contributed by atoms with Crippen LogP contribution in [0, 0.1) is 0 Å². The number of aliphatic carboxylic acids is 1. The van der Waals surface area contributed by atoms with E-state index < -0.39 is 30.6 Å². The molecule has 1 atom stereocenters. The number of rotatable bonds is 11. The van der Waals surface area contributed by atoms with Crippen LogP contribution in [0.1, 0.15) is 28.2 Å². The Kier molecular flexibility index (Phi) is 8.59. The Morgan fingerprint density at radius 2 is 1.37 bits per heavy atom. The second-order valence-electron chi connectivity index (χ2n) is 9.76. The third kappa shape index (κ3) is 6.91. The summed E-state index contributed by atoms with van der Waals surface area (Å²) in [6.07, 6.45) is -0.626. The van der Waals surface area contributed by atoms with Crippen molar-refractivity contribution in [3.8, 4) is 16.9 Å². The maximum absolute atomic E-state index is 12.9. The molecule has 0 saturated heterocycles. The van der Waals surface area contributed by atoms with Crippen LogP contribution in [-0.2, 0) is 27.4 Å². The van der Waals surface area contributed by atoms with Gasteiger partial charge in [0.15, 0.2) is 0 Å². The molecule has 0 heterocycles. The third-order valence-corrected chi connectivity index (χ3v) is 6.98. The van der Waals surface area contributed by atoms with E-state index in [1.807, 2.05) is 66.7 Å². The number of nitrogens with one attached hydrogen (secondary N) is 2. The first-order valence-corrected chi connectivity index (χ1v) is 13.3. The summed E-state index contributed by atoms with van der Waals surface area (Å²) in [5, 5.41) is 14.0. The lowest BCUT2D eigenvalue weighted by Gasteiger charge is -2.20. The molecule has 0 saturated carbocycles. The van der Waals surface area contributed by atoms with E-state index in [1.165, 1.54) is 0 Å². The van der Waals surface area contributed by atoms with Crippen molar-refractivity contribution in [2.75, 3.05) is 13.2 Å². The molecule has 41 heavy (non-hydrogen) atoms. The smallest absolute Gasteiger partial charge is 0.407 e. The molecular formula is C33H30N2O6. The molecule has 4 aromatic carbocycles. The van der Waals surface area contributed by atoms with Gasteiger partial charge in [0.05, 0.1) is 0 Å². The van der Waals surface area contributed by atoms with Crippen LogP contribution in [0.2, 0.25) is 0 Å². The quantitative estimate of drug-likeness (QED) is 0.244. The number of fused-ring (bicyclic) bond motifs is 3. The van der Waals surface area contributed by atoms with Crippen LogP contribution in [0.3, 0.4) is 0 Å². The molecule has 0 radical (unpaired) electrons. The first-order valence-electron chi connectivity index (χ1n) is 13.3. The van der Waals surface area contributed by atoms with E-state index in [4.69, 9.17) is 14.6 Å². The molecule has 208 valence electrons. The fourth-order valence-corrected chi connectivity index (χ4v) is 4.98. The van der Waals surface area contributed by atoms with Crippen LogP contribution < -0.4 is 15.4 Å². The molecule has 1 aliphatic carbocycles. The highest BCUT2D eigenvalue weighted by atomic mass is 16.5. The number of hydrogen-bond acceptors (Lipinski definition) is 5. The van der Waals surface area contributed by atoms with Gasteiger partial charge in [0.1, 0.15) is 31.5 Å².